The maximum atomic E-state index is 13.1. The van der Waals surface area contributed by atoms with Crippen molar-refractivity contribution in [3.63, 3.8) is 0 Å². The molecule has 1 aliphatic rings. The molecule has 2 aromatic heterocycles. The van der Waals surface area contributed by atoms with Gasteiger partial charge in [0.2, 0.25) is 0 Å². The lowest BCUT2D eigenvalue weighted by Gasteiger charge is -2.10. The van der Waals surface area contributed by atoms with E-state index in [-0.39, 0.29) is 11.2 Å². The van der Waals surface area contributed by atoms with Gasteiger partial charge in [-0.25, -0.2) is 4.98 Å². The minimum absolute atomic E-state index is 0.0158. The second-order valence-electron chi connectivity index (χ2n) is 6.20. The molecule has 4 rings (SSSR count). The number of non-ortho nitro benzene ring substituents is 1. The summed E-state index contributed by atoms with van der Waals surface area (Å²) < 4.78 is 1.33. The molecule has 3 aromatic rings. The van der Waals surface area contributed by atoms with E-state index in [1.807, 2.05) is 6.26 Å². The van der Waals surface area contributed by atoms with Crippen LogP contribution in [0.15, 0.2) is 39.3 Å². The van der Waals surface area contributed by atoms with Gasteiger partial charge in [0, 0.05) is 17.0 Å². The largest absolute Gasteiger partial charge is 0.283 e. The van der Waals surface area contributed by atoms with E-state index in [4.69, 9.17) is 0 Å². The van der Waals surface area contributed by atoms with Crippen molar-refractivity contribution in [1.29, 1.82) is 0 Å². The first-order chi connectivity index (χ1) is 13.1. The first kappa shape index (κ1) is 17.9. The number of nitro benzene ring substituents is 1. The molecule has 0 spiro atoms. The lowest BCUT2D eigenvalue weighted by Crippen LogP contribution is -2.20. The van der Waals surface area contributed by atoms with Gasteiger partial charge in [0.1, 0.15) is 4.83 Å². The van der Waals surface area contributed by atoms with Gasteiger partial charge in [-0.05, 0) is 55.2 Å². The van der Waals surface area contributed by atoms with Gasteiger partial charge < -0.3 is 0 Å². The summed E-state index contributed by atoms with van der Waals surface area (Å²) in [6, 6.07) is 6.03. The van der Waals surface area contributed by atoms with Crippen LogP contribution in [-0.2, 0) is 12.8 Å². The fraction of sp³-hybridized carbons (Fsp3) is 0.278. The van der Waals surface area contributed by atoms with Crippen molar-refractivity contribution in [2.75, 3.05) is 6.26 Å². The Labute approximate surface area is 162 Å². The van der Waals surface area contributed by atoms with Crippen LogP contribution in [0, 0.1) is 10.1 Å². The third-order valence-corrected chi connectivity index (χ3v) is 6.36. The van der Waals surface area contributed by atoms with Crippen LogP contribution in [0.2, 0.25) is 0 Å². The molecule has 27 heavy (non-hydrogen) atoms. The van der Waals surface area contributed by atoms with Gasteiger partial charge in [-0.15, -0.1) is 11.3 Å². The average Bonchev–Trinajstić information content (AvgIpc) is 3.06. The number of fused-ring (bicyclic) bond motifs is 3. The van der Waals surface area contributed by atoms with Crippen molar-refractivity contribution in [2.45, 2.75) is 30.8 Å². The van der Waals surface area contributed by atoms with E-state index in [1.165, 1.54) is 39.7 Å². The highest BCUT2D eigenvalue weighted by atomic mass is 32.2. The lowest BCUT2D eigenvalue weighted by atomic mass is 9.97. The summed E-state index contributed by atoms with van der Waals surface area (Å²) in [7, 11) is 0. The number of nitro groups is 1. The van der Waals surface area contributed by atoms with Crippen LogP contribution < -0.4 is 5.56 Å². The fourth-order valence-electron chi connectivity index (χ4n) is 3.22. The van der Waals surface area contributed by atoms with E-state index >= 15 is 0 Å². The highest BCUT2D eigenvalue weighted by Gasteiger charge is 2.21. The number of hydrogen-bond acceptors (Lipinski definition) is 7. The summed E-state index contributed by atoms with van der Waals surface area (Å²) in [5, 5.41) is 16.3. The number of aromatic nitrogens is 2. The van der Waals surface area contributed by atoms with Gasteiger partial charge in [0.25, 0.3) is 11.2 Å². The second kappa shape index (κ2) is 7.24. The van der Waals surface area contributed by atoms with Crippen LogP contribution in [0.3, 0.4) is 0 Å². The van der Waals surface area contributed by atoms with Crippen molar-refractivity contribution in [2.24, 2.45) is 5.10 Å². The highest BCUT2D eigenvalue weighted by molar-refractivity contribution is 7.98. The zero-order valence-electron chi connectivity index (χ0n) is 14.5. The Bertz CT molecular complexity index is 1120. The van der Waals surface area contributed by atoms with Crippen LogP contribution in [-0.4, -0.2) is 27.1 Å². The SMILES string of the molecule is CSc1nc2sc3c(c2c(=O)n1/N=C/c1ccc([N+](=O)[O-])cc1)CCCC3. The summed E-state index contributed by atoms with van der Waals surface area (Å²) in [5.41, 5.74) is 1.67. The number of benzene rings is 1. The molecule has 0 atom stereocenters. The summed E-state index contributed by atoms with van der Waals surface area (Å²) >= 11 is 2.98. The Kier molecular flexibility index (Phi) is 4.79. The van der Waals surface area contributed by atoms with Gasteiger partial charge in [-0.3, -0.25) is 14.9 Å². The molecule has 1 aromatic carbocycles. The zero-order valence-corrected chi connectivity index (χ0v) is 16.2. The minimum atomic E-state index is -0.450. The summed E-state index contributed by atoms with van der Waals surface area (Å²) in [5.74, 6) is 0. The predicted molar refractivity (Wildman–Crippen MR) is 108 cm³/mol. The van der Waals surface area contributed by atoms with Crippen LogP contribution in [0.4, 0.5) is 5.69 Å². The lowest BCUT2D eigenvalue weighted by molar-refractivity contribution is -0.384. The smallest absolute Gasteiger partial charge is 0.267 e. The predicted octanol–water partition coefficient (Wildman–Crippen LogP) is 3.85. The first-order valence-electron chi connectivity index (χ1n) is 8.48. The fourth-order valence-corrected chi connectivity index (χ4v) is 5.01. The molecule has 1 aliphatic carbocycles. The van der Waals surface area contributed by atoms with Gasteiger partial charge in [0.05, 0.1) is 16.5 Å². The van der Waals surface area contributed by atoms with Crippen molar-refractivity contribution in [3.05, 3.63) is 60.7 Å². The Morgan fingerprint density at radius 3 is 2.74 bits per heavy atom. The number of thioether (sulfide) groups is 1. The molecular formula is C18H16N4O3S2. The Morgan fingerprint density at radius 1 is 1.30 bits per heavy atom. The molecule has 0 unspecified atom stereocenters. The molecule has 7 nitrogen and oxygen atoms in total. The van der Waals surface area contributed by atoms with Gasteiger partial charge in [-0.1, -0.05) is 11.8 Å². The number of rotatable bonds is 4. The number of nitrogens with zero attached hydrogens (tertiary/aromatic N) is 4. The molecule has 0 bridgehead atoms. The molecule has 2 heterocycles. The monoisotopic (exact) mass is 400 g/mol. The van der Waals surface area contributed by atoms with Gasteiger partial charge >= 0.3 is 0 Å². The molecule has 9 heteroatoms. The molecule has 0 saturated carbocycles. The Hall–Kier alpha value is -2.52. The maximum Gasteiger partial charge on any atom is 0.283 e. The molecule has 0 amide bonds. The quantitative estimate of drug-likeness (QED) is 0.218. The Morgan fingerprint density at radius 2 is 2.04 bits per heavy atom. The summed E-state index contributed by atoms with van der Waals surface area (Å²) in [6.45, 7) is 0. The van der Waals surface area contributed by atoms with Crippen molar-refractivity contribution in [3.8, 4) is 0 Å². The van der Waals surface area contributed by atoms with E-state index in [2.05, 4.69) is 10.1 Å². The van der Waals surface area contributed by atoms with E-state index in [9.17, 15) is 14.9 Å². The van der Waals surface area contributed by atoms with E-state index in [0.717, 1.165) is 36.1 Å². The van der Waals surface area contributed by atoms with Crippen LogP contribution in [0.1, 0.15) is 28.8 Å². The van der Waals surface area contributed by atoms with Crippen molar-refractivity contribution < 1.29 is 4.92 Å². The minimum Gasteiger partial charge on any atom is -0.267 e. The van der Waals surface area contributed by atoms with Crippen LogP contribution >= 0.6 is 23.1 Å². The molecule has 0 saturated heterocycles. The zero-order chi connectivity index (χ0) is 19.0. The second-order valence-corrected chi connectivity index (χ2v) is 8.06. The van der Waals surface area contributed by atoms with E-state index < -0.39 is 4.92 Å². The first-order valence-corrected chi connectivity index (χ1v) is 10.5. The maximum absolute atomic E-state index is 13.1. The molecule has 0 N–H and O–H groups in total. The topological polar surface area (TPSA) is 90.4 Å². The van der Waals surface area contributed by atoms with Crippen LogP contribution in [0.5, 0.6) is 0 Å². The molecule has 0 aliphatic heterocycles. The third-order valence-electron chi connectivity index (χ3n) is 4.55. The van der Waals surface area contributed by atoms with Gasteiger partial charge in [0.15, 0.2) is 5.16 Å². The van der Waals surface area contributed by atoms with E-state index in [1.54, 1.807) is 23.5 Å². The average molecular weight is 400 g/mol. The van der Waals surface area contributed by atoms with E-state index in [0.29, 0.717) is 16.1 Å². The summed E-state index contributed by atoms with van der Waals surface area (Å²) in [6.07, 6.45) is 7.56. The highest BCUT2D eigenvalue weighted by Crippen LogP contribution is 2.34. The molecule has 0 radical (unpaired) electrons. The number of thiophene rings is 1. The number of aryl methyl sites for hydroxylation is 2. The Balaban J connectivity index is 1.79. The normalized spacial score (nSPS) is 14.0. The third kappa shape index (κ3) is 3.28. The summed E-state index contributed by atoms with van der Waals surface area (Å²) in [4.78, 5) is 30.1. The molecule has 0 fully saturated rings. The standard InChI is InChI=1S/C18H16N4O3S2/c1-26-18-20-16-15(13-4-2-3-5-14(13)27-16)17(23)21(18)19-10-11-6-8-12(9-7-11)22(24)25/h6-10H,2-5H2,1H3/b19-10+. The molecular weight excluding hydrogens is 384 g/mol. The van der Waals surface area contributed by atoms with Gasteiger partial charge in [-0.2, -0.15) is 9.78 Å². The number of hydrogen-bond donors (Lipinski definition) is 0. The van der Waals surface area contributed by atoms with Crippen molar-refractivity contribution in [1.82, 2.24) is 9.66 Å². The molecule has 138 valence electrons. The van der Waals surface area contributed by atoms with Crippen molar-refractivity contribution >= 4 is 45.2 Å². The van der Waals surface area contributed by atoms with Crippen LogP contribution in [0.25, 0.3) is 10.2 Å².